The summed E-state index contributed by atoms with van der Waals surface area (Å²) in [5.41, 5.74) is 4.80. The average molecular weight is 486 g/mol. The topological polar surface area (TPSA) is 78.8 Å². The Morgan fingerprint density at radius 3 is 2.26 bits per heavy atom. The predicted molar refractivity (Wildman–Crippen MR) is 118 cm³/mol. The molecule has 0 radical (unpaired) electrons. The molecule has 2 unspecified atom stereocenters. The number of halogens is 2. The number of nitrogens with one attached hydrogen (secondary N) is 1. The van der Waals surface area contributed by atoms with Crippen molar-refractivity contribution in [1.82, 2.24) is 5.32 Å². The van der Waals surface area contributed by atoms with Crippen molar-refractivity contribution >= 4 is 22.0 Å². The van der Waals surface area contributed by atoms with E-state index >= 15 is 0 Å². The number of alkyl carbamates (subject to hydrolysis) is 1. The average Bonchev–Trinajstić information content (AvgIpc) is 3.09. The Hall–Kier alpha value is -2.74. The lowest BCUT2D eigenvalue weighted by Gasteiger charge is -2.20. The van der Waals surface area contributed by atoms with Crippen LogP contribution in [0.15, 0.2) is 71.2 Å². The summed E-state index contributed by atoms with van der Waals surface area (Å²) in [6, 6.07) is 19.8. The van der Waals surface area contributed by atoms with Gasteiger partial charge in [0.25, 0.3) is 0 Å². The molecule has 5 nitrogen and oxygen atoms in total. The largest absolute Gasteiger partial charge is 0.449 e. The third-order valence-electron chi connectivity index (χ3n) is 5.44. The fourth-order valence-electron chi connectivity index (χ4n) is 3.90. The van der Waals surface area contributed by atoms with E-state index < -0.39 is 24.1 Å². The molecule has 0 saturated carbocycles. The first kappa shape index (κ1) is 21.5. The number of amides is 1. The van der Waals surface area contributed by atoms with Gasteiger partial charge in [0.15, 0.2) is 0 Å². The van der Waals surface area contributed by atoms with E-state index in [1.807, 2.05) is 36.4 Å². The highest BCUT2D eigenvalue weighted by molar-refractivity contribution is 9.10. The molecule has 4 rings (SSSR count). The van der Waals surface area contributed by atoms with Crippen LogP contribution < -0.4 is 5.32 Å². The molecule has 0 aliphatic heterocycles. The van der Waals surface area contributed by atoms with Gasteiger partial charge in [0.1, 0.15) is 24.6 Å². The van der Waals surface area contributed by atoms with Crippen molar-refractivity contribution in [3.05, 3.63) is 93.7 Å². The molecule has 2 atom stereocenters. The summed E-state index contributed by atoms with van der Waals surface area (Å²) in [6.45, 7) is -0.0658. The summed E-state index contributed by atoms with van der Waals surface area (Å²) >= 11 is 3.16. The van der Waals surface area contributed by atoms with E-state index in [4.69, 9.17) is 4.74 Å². The molecule has 1 aliphatic rings. The number of hydrogen-bond acceptors (Lipinski definition) is 4. The van der Waals surface area contributed by atoms with E-state index in [2.05, 4.69) is 33.4 Å². The van der Waals surface area contributed by atoms with Crippen molar-refractivity contribution in [1.29, 1.82) is 0 Å². The molecule has 0 saturated heterocycles. The van der Waals surface area contributed by atoms with Gasteiger partial charge in [-0.3, -0.25) is 0 Å². The monoisotopic (exact) mass is 485 g/mol. The summed E-state index contributed by atoms with van der Waals surface area (Å²) in [5, 5.41) is 23.0. The molecule has 1 aliphatic carbocycles. The van der Waals surface area contributed by atoms with E-state index in [-0.39, 0.29) is 19.1 Å². The SMILES string of the molecule is O=C(NCC(O)C(O)c1ccc(F)cc1Br)OCC1c2ccccc2-c2ccccc21. The van der Waals surface area contributed by atoms with Crippen molar-refractivity contribution in [2.75, 3.05) is 13.2 Å². The molecule has 0 aromatic heterocycles. The van der Waals surface area contributed by atoms with Crippen LogP contribution in [-0.2, 0) is 4.74 Å². The Labute approximate surface area is 187 Å². The van der Waals surface area contributed by atoms with Crippen molar-refractivity contribution in [2.45, 2.75) is 18.1 Å². The minimum Gasteiger partial charge on any atom is -0.449 e. The second-order valence-electron chi connectivity index (χ2n) is 7.38. The van der Waals surface area contributed by atoms with Crippen LogP contribution in [-0.4, -0.2) is 35.6 Å². The standard InChI is InChI=1S/C24H21BrFNO4/c25-21-11-14(26)9-10-19(21)23(29)22(28)12-27-24(30)31-13-20-17-7-3-1-5-15(17)16-6-2-4-8-18(16)20/h1-11,20,22-23,28-29H,12-13H2,(H,27,30). The number of aliphatic hydroxyl groups excluding tert-OH is 2. The summed E-state index contributed by atoms with van der Waals surface area (Å²) in [4.78, 5) is 12.2. The molecule has 3 N–H and O–H groups in total. The zero-order chi connectivity index (χ0) is 22.0. The van der Waals surface area contributed by atoms with E-state index in [1.54, 1.807) is 0 Å². The molecule has 0 fully saturated rings. The van der Waals surface area contributed by atoms with Crippen molar-refractivity contribution < 1.29 is 24.1 Å². The Kier molecular flexibility index (Phi) is 6.36. The maximum atomic E-state index is 13.2. The summed E-state index contributed by atoms with van der Waals surface area (Å²) in [6.07, 6.45) is -3.28. The molecule has 3 aromatic rings. The van der Waals surface area contributed by atoms with Gasteiger partial charge in [0.05, 0.1) is 0 Å². The maximum Gasteiger partial charge on any atom is 0.407 e. The first-order chi connectivity index (χ1) is 15.0. The quantitative estimate of drug-likeness (QED) is 0.479. The fraction of sp³-hybridized carbons (Fsp3) is 0.208. The normalized spacial score (nSPS) is 14.5. The van der Waals surface area contributed by atoms with Crippen LogP contribution in [0.1, 0.15) is 28.7 Å². The Balaban J connectivity index is 1.35. The highest BCUT2D eigenvalue weighted by Gasteiger charge is 2.29. The summed E-state index contributed by atoms with van der Waals surface area (Å²) < 4.78 is 19.0. The molecule has 0 bridgehead atoms. The molecule has 0 spiro atoms. The highest BCUT2D eigenvalue weighted by Crippen LogP contribution is 2.44. The number of ether oxygens (including phenoxy) is 1. The lowest BCUT2D eigenvalue weighted by molar-refractivity contribution is 0.0181. The number of hydrogen-bond donors (Lipinski definition) is 3. The summed E-state index contributed by atoms with van der Waals surface area (Å²) in [5.74, 6) is -0.530. The fourth-order valence-corrected chi connectivity index (χ4v) is 4.48. The number of benzene rings is 3. The van der Waals surface area contributed by atoms with Gasteiger partial charge in [-0.1, -0.05) is 70.5 Å². The van der Waals surface area contributed by atoms with Gasteiger partial charge < -0.3 is 20.3 Å². The zero-order valence-corrected chi connectivity index (χ0v) is 18.0. The lowest BCUT2D eigenvalue weighted by Crippen LogP contribution is -2.36. The van der Waals surface area contributed by atoms with E-state index in [9.17, 15) is 19.4 Å². The zero-order valence-electron chi connectivity index (χ0n) is 16.5. The van der Waals surface area contributed by atoms with Gasteiger partial charge in [-0.25, -0.2) is 9.18 Å². The second-order valence-corrected chi connectivity index (χ2v) is 8.24. The van der Waals surface area contributed by atoms with Gasteiger partial charge in [-0.15, -0.1) is 0 Å². The molecule has 7 heteroatoms. The Morgan fingerprint density at radius 2 is 1.65 bits per heavy atom. The van der Waals surface area contributed by atoms with Crippen LogP contribution >= 0.6 is 15.9 Å². The van der Waals surface area contributed by atoms with E-state index in [0.717, 1.165) is 22.3 Å². The van der Waals surface area contributed by atoms with Crippen molar-refractivity contribution in [3.63, 3.8) is 0 Å². The number of fused-ring (bicyclic) bond motifs is 3. The van der Waals surface area contributed by atoms with Crippen LogP contribution in [0.25, 0.3) is 11.1 Å². The third kappa shape index (κ3) is 4.49. The Morgan fingerprint density at radius 1 is 1.03 bits per heavy atom. The van der Waals surface area contributed by atoms with E-state index in [1.165, 1.54) is 18.2 Å². The van der Waals surface area contributed by atoms with Crippen molar-refractivity contribution in [2.24, 2.45) is 0 Å². The smallest absolute Gasteiger partial charge is 0.407 e. The number of aliphatic hydroxyl groups is 2. The van der Waals surface area contributed by atoms with E-state index in [0.29, 0.717) is 10.0 Å². The minimum absolute atomic E-state index is 0.0659. The highest BCUT2D eigenvalue weighted by atomic mass is 79.9. The van der Waals surface area contributed by atoms with Crippen LogP contribution in [0.2, 0.25) is 0 Å². The third-order valence-corrected chi connectivity index (χ3v) is 6.13. The maximum absolute atomic E-state index is 13.2. The van der Waals surface area contributed by atoms with Crippen LogP contribution in [0, 0.1) is 5.82 Å². The van der Waals surface area contributed by atoms with Gasteiger partial charge in [0.2, 0.25) is 0 Å². The van der Waals surface area contributed by atoms with Crippen LogP contribution in [0.5, 0.6) is 0 Å². The molecule has 160 valence electrons. The predicted octanol–water partition coefficient (Wildman–Crippen LogP) is 4.52. The molecular weight excluding hydrogens is 465 g/mol. The van der Waals surface area contributed by atoms with Gasteiger partial charge in [-0.2, -0.15) is 0 Å². The van der Waals surface area contributed by atoms with Crippen molar-refractivity contribution in [3.8, 4) is 11.1 Å². The summed E-state index contributed by atoms with van der Waals surface area (Å²) in [7, 11) is 0. The molecule has 0 heterocycles. The first-order valence-corrected chi connectivity index (χ1v) is 10.6. The molecule has 3 aromatic carbocycles. The number of carbonyl (C=O) groups is 1. The van der Waals surface area contributed by atoms with Gasteiger partial charge >= 0.3 is 6.09 Å². The molecule has 1 amide bonds. The number of carbonyl (C=O) groups excluding carboxylic acids is 1. The molecule has 31 heavy (non-hydrogen) atoms. The van der Waals surface area contributed by atoms with Gasteiger partial charge in [-0.05, 0) is 39.9 Å². The second kappa shape index (κ2) is 9.18. The molecular formula is C24H21BrFNO4. The minimum atomic E-state index is -1.30. The van der Waals surface area contributed by atoms with Crippen LogP contribution in [0.4, 0.5) is 9.18 Å². The number of rotatable bonds is 6. The van der Waals surface area contributed by atoms with Crippen LogP contribution in [0.3, 0.4) is 0 Å². The van der Waals surface area contributed by atoms with Gasteiger partial charge in [0, 0.05) is 16.9 Å². The first-order valence-electron chi connectivity index (χ1n) is 9.85. The Bertz CT molecular complexity index is 1060. The lowest BCUT2D eigenvalue weighted by atomic mass is 9.98.